The lowest BCUT2D eigenvalue weighted by Gasteiger charge is -2.30. The van der Waals surface area contributed by atoms with Crippen LogP contribution in [0.5, 0.6) is 5.88 Å². The highest BCUT2D eigenvalue weighted by Gasteiger charge is 2.16. The van der Waals surface area contributed by atoms with Gasteiger partial charge in [0.05, 0.1) is 12.1 Å². The lowest BCUT2D eigenvalue weighted by Crippen LogP contribution is -2.36. The average Bonchev–Trinajstić information content (AvgIpc) is 2.87. The fourth-order valence-corrected chi connectivity index (χ4v) is 3.08. The van der Waals surface area contributed by atoms with Crippen molar-refractivity contribution in [3.8, 4) is 17.0 Å². The molecule has 1 aliphatic rings. The number of aromatic nitrogens is 2. The van der Waals surface area contributed by atoms with Gasteiger partial charge in [-0.25, -0.2) is 0 Å². The molecule has 2 heterocycles. The number of rotatable bonds is 4. The molecule has 1 unspecified atom stereocenters. The topological polar surface area (TPSA) is 41.3 Å². The van der Waals surface area contributed by atoms with E-state index in [1.54, 1.807) is 0 Å². The van der Waals surface area contributed by atoms with Gasteiger partial charge < -0.3 is 10.0 Å². The minimum absolute atomic E-state index is 0. The molecule has 0 aliphatic carbocycles. The molecule has 6 heteroatoms. The maximum Gasteiger partial charge on any atom is 0.238 e. The second-order valence-electron chi connectivity index (χ2n) is 6.04. The van der Waals surface area contributed by atoms with Gasteiger partial charge in [0.25, 0.3) is 0 Å². The third-order valence-electron chi connectivity index (χ3n) is 4.21. The Morgan fingerprint density at radius 2 is 1.91 bits per heavy atom. The Bertz CT molecular complexity index is 589. The molecular weight excluding hydrogens is 333 g/mol. The Morgan fingerprint density at radius 1 is 1.17 bits per heavy atom. The molecule has 1 aromatic heterocycles. The highest BCUT2D eigenvalue weighted by atomic mass is 35.5. The molecule has 3 rings (SSSR count). The molecule has 0 bridgehead atoms. The Kier molecular flexibility index (Phi) is 7.89. The van der Waals surface area contributed by atoms with E-state index in [0.717, 1.165) is 30.1 Å². The number of aromatic hydroxyl groups is 1. The van der Waals surface area contributed by atoms with Crippen molar-refractivity contribution in [3.63, 3.8) is 0 Å². The molecule has 0 saturated carbocycles. The van der Waals surface area contributed by atoms with Gasteiger partial charge in [-0.05, 0) is 30.9 Å². The average molecular weight is 358 g/mol. The second kappa shape index (κ2) is 9.16. The van der Waals surface area contributed by atoms with Gasteiger partial charge in [-0.3, -0.25) is 4.68 Å². The van der Waals surface area contributed by atoms with E-state index in [-0.39, 0.29) is 30.7 Å². The van der Waals surface area contributed by atoms with Crippen molar-refractivity contribution in [3.05, 3.63) is 36.5 Å². The van der Waals surface area contributed by atoms with E-state index in [4.69, 9.17) is 0 Å². The summed E-state index contributed by atoms with van der Waals surface area (Å²) in [5.41, 5.74) is 1.82. The van der Waals surface area contributed by atoms with Crippen LogP contribution in [0.4, 0.5) is 0 Å². The third-order valence-corrected chi connectivity index (χ3v) is 4.21. The third kappa shape index (κ3) is 5.13. The molecule has 1 atom stereocenters. The minimum Gasteiger partial charge on any atom is -0.492 e. The summed E-state index contributed by atoms with van der Waals surface area (Å²) in [6.07, 6.45) is 4.58. The van der Waals surface area contributed by atoms with Gasteiger partial charge in [0.15, 0.2) is 0 Å². The van der Waals surface area contributed by atoms with E-state index in [9.17, 15) is 5.11 Å². The standard InChI is InChI=1S/C17H23N3O.2ClH/c1-14-6-5-9-19(12-14)10-11-20-13-16(17(21)18-20)15-7-3-2-4-8-15;;/h2-4,7-8,13-14H,5-6,9-12H2,1H3,(H,18,21);2*1H. The molecule has 4 nitrogen and oxygen atoms in total. The second-order valence-corrected chi connectivity index (χ2v) is 6.04. The van der Waals surface area contributed by atoms with E-state index in [0.29, 0.717) is 0 Å². The first kappa shape index (κ1) is 19.8. The van der Waals surface area contributed by atoms with E-state index in [2.05, 4.69) is 16.9 Å². The molecule has 1 saturated heterocycles. The van der Waals surface area contributed by atoms with Crippen LogP contribution >= 0.6 is 24.8 Å². The van der Waals surface area contributed by atoms with Gasteiger partial charge in [0.2, 0.25) is 5.88 Å². The molecule has 23 heavy (non-hydrogen) atoms. The van der Waals surface area contributed by atoms with Crippen molar-refractivity contribution in [2.24, 2.45) is 5.92 Å². The number of piperidine rings is 1. The summed E-state index contributed by atoms with van der Waals surface area (Å²) >= 11 is 0. The predicted molar refractivity (Wildman–Crippen MR) is 98.7 cm³/mol. The molecule has 1 aromatic carbocycles. The lowest BCUT2D eigenvalue weighted by atomic mass is 10.0. The van der Waals surface area contributed by atoms with E-state index in [1.165, 1.54) is 25.9 Å². The monoisotopic (exact) mass is 357 g/mol. The van der Waals surface area contributed by atoms with Crippen molar-refractivity contribution >= 4 is 24.8 Å². The summed E-state index contributed by atoms with van der Waals surface area (Å²) in [5.74, 6) is 0.915. The highest BCUT2D eigenvalue weighted by Crippen LogP contribution is 2.27. The summed E-state index contributed by atoms with van der Waals surface area (Å²) < 4.78 is 1.86. The molecule has 1 N–H and O–H groups in total. The minimum atomic E-state index is 0. The first-order valence-corrected chi connectivity index (χ1v) is 7.76. The molecule has 1 aliphatic heterocycles. The smallest absolute Gasteiger partial charge is 0.238 e. The summed E-state index contributed by atoms with van der Waals surface area (Å²) in [5, 5.41) is 14.3. The van der Waals surface area contributed by atoms with Crippen molar-refractivity contribution in [2.45, 2.75) is 26.3 Å². The number of hydrogen-bond donors (Lipinski definition) is 1. The first-order chi connectivity index (χ1) is 10.2. The summed E-state index contributed by atoms with van der Waals surface area (Å²) in [6, 6.07) is 9.91. The summed E-state index contributed by atoms with van der Waals surface area (Å²) in [4.78, 5) is 2.50. The van der Waals surface area contributed by atoms with Crippen LogP contribution in [-0.2, 0) is 6.54 Å². The van der Waals surface area contributed by atoms with E-state index in [1.807, 2.05) is 41.2 Å². The normalized spacial score (nSPS) is 18.0. The van der Waals surface area contributed by atoms with Crippen LogP contribution < -0.4 is 0 Å². The van der Waals surface area contributed by atoms with Gasteiger partial charge in [0.1, 0.15) is 0 Å². The number of hydrogen-bond acceptors (Lipinski definition) is 3. The zero-order valence-corrected chi connectivity index (χ0v) is 15.0. The number of likely N-dealkylation sites (tertiary alicyclic amines) is 1. The van der Waals surface area contributed by atoms with E-state index >= 15 is 0 Å². The fourth-order valence-electron chi connectivity index (χ4n) is 3.08. The van der Waals surface area contributed by atoms with Crippen molar-refractivity contribution in [2.75, 3.05) is 19.6 Å². The Morgan fingerprint density at radius 3 is 2.61 bits per heavy atom. The summed E-state index contributed by atoms with van der Waals surface area (Å²) in [6.45, 7) is 6.51. The molecule has 1 fully saturated rings. The Labute approximate surface area is 150 Å². The highest BCUT2D eigenvalue weighted by molar-refractivity contribution is 5.85. The van der Waals surface area contributed by atoms with Crippen LogP contribution in [-0.4, -0.2) is 39.4 Å². The van der Waals surface area contributed by atoms with Crippen LogP contribution in [0.1, 0.15) is 19.8 Å². The first-order valence-electron chi connectivity index (χ1n) is 7.76. The van der Waals surface area contributed by atoms with Crippen molar-refractivity contribution in [1.29, 1.82) is 0 Å². The molecule has 2 aromatic rings. The van der Waals surface area contributed by atoms with Crippen LogP contribution in [0.3, 0.4) is 0 Å². The van der Waals surface area contributed by atoms with Crippen LogP contribution in [0.15, 0.2) is 36.5 Å². The maximum atomic E-state index is 10.0. The Balaban J connectivity index is 0.00000132. The number of halogens is 2. The van der Waals surface area contributed by atoms with Crippen molar-refractivity contribution < 1.29 is 5.11 Å². The van der Waals surface area contributed by atoms with Crippen LogP contribution in [0.25, 0.3) is 11.1 Å². The Hall–Kier alpha value is -1.23. The van der Waals surface area contributed by atoms with Gasteiger partial charge in [-0.1, -0.05) is 37.3 Å². The largest absolute Gasteiger partial charge is 0.492 e. The summed E-state index contributed by atoms with van der Waals surface area (Å²) in [7, 11) is 0. The van der Waals surface area contributed by atoms with Crippen LogP contribution in [0, 0.1) is 5.92 Å². The molecule has 0 radical (unpaired) electrons. The zero-order chi connectivity index (χ0) is 14.7. The number of benzene rings is 1. The van der Waals surface area contributed by atoms with Gasteiger partial charge in [-0.15, -0.1) is 29.9 Å². The number of nitrogens with zero attached hydrogens (tertiary/aromatic N) is 3. The lowest BCUT2D eigenvalue weighted by molar-refractivity contribution is 0.176. The van der Waals surface area contributed by atoms with Gasteiger partial charge in [-0.2, -0.15) is 0 Å². The molecule has 0 spiro atoms. The quantitative estimate of drug-likeness (QED) is 0.903. The molecular formula is C17H25Cl2N3O. The predicted octanol–water partition coefficient (Wildman–Crippen LogP) is 3.83. The molecule has 128 valence electrons. The van der Waals surface area contributed by atoms with Crippen LogP contribution in [0.2, 0.25) is 0 Å². The zero-order valence-electron chi connectivity index (χ0n) is 13.4. The maximum absolute atomic E-state index is 10.0. The van der Waals surface area contributed by atoms with Gasteiger partial charge >= 0.3 is 0 Å². The molecule has 0 amide bonds. The van der Waals surface area contributed by atoms with Gasteiger partial charge in [0, 0.05) is 19.3 Å². The van der Waals surface area contributed by atoms with Crippen molar-refractivity contribution in [1.82, 2.24) is 14.7 Å². The SMILES string of the molecule is CC1CCCN(CCn2cc(-c3ccccc3)c(O)n2)C1.Cl.Cl. The fraction of sp³-hybridized carbons (Fsp3) is 0.471. The van der Waals surface area contributed by atoms with E-state index < -0.39 is 0 Å².